The average Bonchev–Trinajstić information content (AvgIpc) is 2.88. The van der Waals surface area contributed by atoms with Crippen LogP contribution in [-0.2, 0) is 9.59 Å². The summed E-state index contributed by atoms with van der Waals surface area (Å²) in [5, 5.41) is 8.90. The maximum atomic E-state index is 12.7. The minimum Gasteiger partial charge on any atom is -0.447 e. The van der Waals surface area contributed by atoms with E-state index in [0.717, 1.165) is 0 Å². The Morgan fingerprint density at radius 3 is 2.47 bits per heavy atom. The number of hydrogen-bond acceptors (Lipinski definition) is 8. The number of benzene rings is 2. The van der Waals surface area contributed by atoms with Crippen LogP contribution in [0.1, 0.15) is 25.6 Å². The van der Waals surface area contributed by atoms with Crippen LogP contribution in [0.3, 0.4) is 0 Å². The van der Waals surface area contributed by atoms with Crippen molar-refractivity contribution >= 4 is 29.3 Å². The van der Waals surface area contributed by atoms with E-state index in [1.54, 1.807) is 29.2 Å². The molecule has 0 radical (unpaired) electrons. The first-order chi connectivity index (χ1) is 14.5. The molecule has 0 N–H and O–H groups in total. The molecule has 2 heterocycles. The van der Waals surface area contributed by atoms with Crippen molar-refractivity contribution in [2.45, 2.75) is 25.2 Å². The van der Waals surface area contributed by atoms with E-state index in [4.69, 9.17) is 9.47 Å². The van der Waals surface area contributed by atoms with Gasteiger partial charge in [-0.1, -0.05) is 30.0 Å². The van der Waals surface area contributed by atoms with Crippen molar-refractivity contribution in [2.75, 3.05) is 11.2 Å². The number of ether oxygens (including phenoxy) is 2. The van der Waals surface area contributed by atoms with E-state index >= 15 is 0 Å². The van der Waals surface area contributed by atoms with Crippen LogP contribution in [-0.4, -0.2) is 33.3 Å². The molecule has 8 nitrogen and oxygen atoms in total. The third-order valence-electron chi connectivity index (χ3n) is 4.46. The van der Waals surface area contributed by atoms with Gasteiger partial charge in [-0.2, -0.15) is 4.98 Å². The number of carbonyl (C=O) groups is 2. The molecule has 0 spiro atoms. The fourth-order valence-corrected chi connectivity index (χ4v) is 3.52. The Labute approximate surface area is 177 Å². The predicted molar refractivity (Wildman–Crippen MR) is 111 cm³/mol. The molecule has 9 heteroatoms. The normalized spacial score (nSPS) is 14.8. The first kappa shape index (κ1) is 19.8. The standard InChI is InChI=1S/C21H18N4O4S/c1-12(26)25-17-7-5-4-6-16(17)18-19(22-21(30-3)24-23-18)29-20(25)14-8-10-15(11-9-14)28-13(2)27/h4-11,20H,1-3H3/t20-/m0/s1. The van der Waals surface area contributed by atoms with E-state index in [1.807, 2.05) is 30.5 Å². The topological polar surface area (TPSA) is 94.5 Å². The Morgan fingerprint density at radius 2 is 1.80 bits per heavy atom. The number of esters is 1. The molecule has 1 aromatic heterocycles. The largest absolute Gasteiger partial charge is 0.447 e. The van der Waals surface area contributed by atoms with Crippen LogP contribution in [0.4, 0.5) is 5.69 Å². The number of para-hydroxylation sites is 1. The number of aromatic nitrogens is 3. The molecule has 1 amide bonds. The molecular formula is C21H18N4O4S. The third-order valence-corrected chi connectivity index (χ3v) is 5.00. The smallest absolute Gasteiger partial charge is 0.308 e. The van der Waals surface area contributed by atoms with Crippen LogP contribution >= 0.6 is 11.8 Å². The van der Waals surface area contributed by atoms with E-state index < -0.39 is 12.2 Å². The average molecular weight is 422 g/mol. The first-order valence-electron chi connectivity index (χ1n) is 9.11. The van der Waals surface area contributed by atoms with Crippen molar-refractivity contribution in [3.8, 4) is 22.9 Å². The summed E-state index contributed by atoms with van der Waals surface area (Å²) in [6.45, 7) is 2.81. The summed E-state index contributed by atoms with van der Waals surface area (Å²) in [6.07, 6.45) is 1.06. The minimum atomic E-state index is -0.789. The Balaban J connectivity index is 1.87. The summed E-state index contributed by atoms with van der Waals surface area (Å²) in [5.41, 5.74) is 2.50. The highest BCUT2D eigenvalue weighted by Gasteiger charge is 2.34. The predicted octanol–water partition coefficient (Wildman–Crippen LogP) is 3.63. The van der Waals surface area contributed by atoms with Gasteiger partial charge in [0.1, 0.15) is 5.75 Å². The molecular weight excluding hydrogens is 404 g/mol. The number of hydrogen-bond donors (Lipinski definition) is 0. The first-order valence-corrected chi connectivity index (χ1v) is 10.3. The number of amides is 1. The van der Waals surface area contributed by atoms with Gasteiger partial charge in [-0.25, -0.2) is 0 Å². The lowest BCUT2D eigenvalue weighted by Gasteiger charge is -2.29. The van der Waals surface area contributed by atoms with E-state index in [2.05, 4.69) is 15.2 Å². The summed E-state index contributed by atoms with van der Waals surface area (Å²) in [4.78, 5) is 29.9. The van der Waals surface area contributed by atoms with Crippen LogP contribution in [0, 0.1) is 0 Å². The third kappa shape index (κ3) is 3.71. The van der Waals surface area contributed by atoms with E-state index in [9.17, 15) is 9.59 Å². The lowest BCUT2D eigenvalue weighted by Crippen LogP contribution is -2.36. The molecule has 0 saturated carbocycles. The van der Waals surface area contributed by atoms with Crippen molar-refractivity contribution < 1.29 is 19.1 Å². The zero-order valence-electron chi connectivity index (χ0n) is 16.5. The van der Waals surface area contributed by atoms with Crippen LogP contribution < -0.4 is 14.4 Å². The van der Waals surface area contributed by atoms with Gasteiger partial charge in [0.25, 0.3) is 0 Å². The number of thioether (sulfide) groups is 1. The lowest BCUT2D eigenvalue weighted by molar-refractivity contribution is -0.131. The fourth-order valence-electron chi connectivity index (χ4n) is 3.22. The molecule has 1 aliphatic heterocycles. The van der Waals surface area contributed by atoms with Gasteiger partial charge in [0.2, 0.25) is 23.2 Å². The molecule has 2 aromatic carbocycles. The highest BCUT2D eigenvalue weighted by molar-refractivity contribution is 7.98. The van der Waals surface area contributed by atoms with Gasteiger partial charge in [0.15, 0.2) is 5.69 Å². The van der Waals surface area contributed by atoms with Crippen molar-refractivity contribution in [3.63, 3.8) is 0 Å². The van der Waals surface area contributed by atoms with Crippen molar-refractivity contribution in [3.05, 3.63) is 54.1 Å². The number of fused-ring (bicyclic) bond motifs is 3. The van der Waals surface area contributed by atoms with Gasteiger partial charge in [0, 0.05) is 25.0 Å². The summed E-state index contributed by atoms with van der Waals surface area (Å²) < 4.78 is 11.3. The van der Waals surface area contributed by atoms with Crippen LogP contribution in [0.5, 0.6) is 11.6 Å². The quantitative estimate of drug-likeness (QED) is 0.359. The van der Waals surface area contributed by atoms with Crippen molar-refractivity contribution in [1.29, 1.82) is 0 Å². The number of carbonyl (C=O) groups excluding carboxylic acids is 2. The lowest BCUT2D eigenvalue weighted by atomic mass is 10.1. The fraction of sp³-hybridized carbons (Fsp3) is 0.190. The summed E-state index contributed by atoms with van der Waals surface area (Å²) >= 11 is 1.35. The molecule has 0 saturated heterocycles. The Morgan fingerprint density at radius 1 is 1.07 bits per heavy atom. The Hall–Kier alpha value is -3.46. The van der Waals surface area contributed by atoms with Gasteiger partial charge in [0.05, 0.1) is 5.69 Å². The zero-order chi connectivity index (χ0) is 21.3. The van der Waals surface area contributed by atoms with Crippen LogP contribution in [0.2, 0.25) is 0 Å². The maximum absolute atomic E-state index is 12.7. The molecule has 0 fully saturated rings. The SMILES string of the molecule is CSc1nnc2c(n1)O[C@@H](c1ccc(OC(C)=O)cc1)N(C(C)=O)c1ccccc1-2. The van der Waals surface area contributed by atoms with E-state index in [-0.39, 0.29) is 5.91 Å². The number of nitrogens with zero attached hydrogens (tertiary/aromatic N) is 4. The minimum absolute atomic E-state index is 0.206. The highest BCUT2D eigenvalue weighted by Crippen LogP contribution is 2.43. The number of anilines is 1. The molecule has 3 aromatic rings. The molecule has 0 aliphatic carbocycles. The second-order valence-corrected chi connectivity index (χ2v) is 7.26. The molecule has 30 heavy (non-hydrogen) atoms. The van der Waals surface area contributed by atoms with E-state index in [1.165, 1.54) is 25.6 Å². The van der Waals surface area contributed by atoms with Crippen molar-refractivity contribution in [1.82, 2.24) is 15.2 Å². The molecule has 1 aliphatic rings. The van der Waals surface area contributed by atoms with Crippen molar-refractivity contribution in [2.24, 2.45) is 0 Å². The zero-order valence-corrected chi connectivity index (χ0v) is 17.3. The summed E-state index contributed by atoms with van der Waals surface area (Å²) in [5.74, 6) is 0.0831. The second kappa shape index (κ2) is 8.11. The monoisotopic (exact) mass is 422 g/mol. The van der Waals surface area contributed by atoms with Gasteiger partial charge in [-0.15, -0.1) is 10.2 Å². The maximum Gasteiger partial charge on any atom is 0.308 e. The molecule has 1 atom stereocenters. The Bertz CT molecular complexity index is 1120. The Kier molecular flexibility index (Phi) is 5.37. The molecule has 4 rings (SSSR count). The summed E-state index contributed by atoms with van der Waals surface area (Å²) in [7, 11) is 0. The van der Waals surface area contributed by atoms with Gasteiger partial charge in [-0.05, 0) is 36.6 Å². The second-order valence-electron chi connectivity index (χ2n) is 6.49. The van der Waals surface area contributed by atoms with Crippen LogP contribution in [0.25, 0.3) is 11.3 Å². The van der Waals surface area contributed by atoms with Gasteiger partial charge >= 0.3 is 5.97 Å². The van der Waals surface area contributed by atoms with E-state index in [0.29, 0.717) is 39.3 Å². The summed E-state index contributed by atoms with van der Waals surface area (Å²) in [6, 6.07) is 14.2. The van der Waals surface area contributed by atoms with Gasteiger partial charge < -0.3 is 9.47 Å². The van der Waals surface area contributed by atoms with Gasteiger partial charge in [-0.3, -0.25) is 14.5 Å². The molecule has 0 unspecified atom stereocenters. The highest BCUT2D eigenvalue weighted by atomic mass is 32.2. The number of rotatable bonds is 3. The molecule has 0 bridgehead atoms. The van der Waals surface area contributed by atoms with Crippen LogP contribution in [0.15, 0.2) is 53.7 Å². The molecule has 152 valence electrons.